The Morgan fingerprint density at radius 2 is 1.16 bits per heavy atom. The van der Waals surface area contributed by atoms with E-state index in [0.29, 0.717) is 23.7 Å². The Morgan fingerprint density at radius 1 is 0.643 bits per heavy atom. The summed E-state index contributed by atoms with van der Waals surface area (Å²) < 4.78 is 0. The summed E-state index contributed by atoms with van der Waals surface area (Å²) in [7, 11) is 0. The Bertz CT molecular complexity index is 2250. The van der Waals surface area contributed by atoms with Crippen molar-refractivity contribution in [1.82, 2.24) is 0 Å². The van der Waals surface area contributed by atoms with Gasteiger partial charge in [0.1, 0.15) is 0 Å². The van der Waals surface area contributed by atoms with Gasteiger partial charge in [0, 0.05) is 33.9 Å². The summed E-state index contributed by atoms with van der Waals surface area (Å²) >= 11 is 0. The lowest BCUT2D eigenvalue weighted by molar-refractivity contribution is 0.795. The lowest BCUT2D eigenvalue weighted by Crippen LogP contribution is -2.21. The Hall–Kier alpha value is -5.60. The van der Waals surface area contributed by atoms with Gasteiger partial charge in [0.2, 0.25) is 0 Å². The zero-order valence-electron chi connectivity index (χ0n) is 35.1. The summed E-state index contributed by atoms with van der Waals surface area (Å²) in [5.41, 5.74) is 15.6. The van der Waals surface area contributed by atoms with Gasteiger partial charge in [-0.15, -0.1) is 0 Å². The van der Waals surface area contributed by atoms with Gasteiger partial charge in [0.25, 0.3) is 0 Å². The molecular formula is C54H60N2. The largest absolute Gasteiger partial charge is 0.310 e. The van der Waals surface area contributed by atoms with Gasteiger partial charge in [-0.3, -0.25) is 0 Å². The van der Waals surface area contributed by atoms with Crippen molar-refractivity contribution in [3.05, 3.63) is 191 Å². The molecule has 0 saturated carbocycles. The molecule has 56 heavy (non-hydrogen) atoms. The molecule has 2 heteroatoms. The number of hydrogen-bond donors (Lipinski definition) is 0. The van der Waals surface area contributed by atoms with Crippen LogP contribution < -0.4 is 9.80 Å². The molecule has 0 N–H and O–H groups in total. The van der Waals surface area contributed by atoms with E-state index in [0.717, 1.165) is 40.5 Å². The monoisotopic (exact) mass is 736 g/mol. The minimum absolute atomic E-state index is 0.358. The second-order valence-corrected chi connectivity index (χ2v) is 16.3. The zero-order valence-corrected chi connectivity index (χ0v) is 35.1. The Labute approximate surface area is 337 Å². The highest BCUT2D eigenvalue weighted by molar-refractivity contribution is 6.04. The van der Waals surface area contributed by atoms with Crippen molar-refractivity contribution in [3.63, 3.8) is 0 Å². The fraction of sp³-hybridized carbons (Fsp3) is 0.259. The smallest absolute Gasteiger partial charge is 0.0540 e. The predicted molar refractivity (Wildman–Crippen MR) is 248 cm³/mol. The molecule has 2 nitrogen and oxygen atoms in total. The molecule has 5 aromatic carbocycles. The molecule has 0 aliphatic heterocycles. The van der Waals surface area contributed by atoms with E-state index in [1.807, 2.05) is 6.08 Å². The fourth-order valence-corrected chi connectivity index (χ4v) is 7.58. The van der Waals surface area contributed by atoms with Crippen LogP contribution in [-0.2, 0) is 6.42 Å². The van der Waals surface area contributed by atoms with Crippen LogP contribution in [-0.4, -0.2) is 0 Å². The maximum absolute atomic E-state index is 4.36. The predicted octanol–water partition coefficient (Wildman–Crippen LogP) is 16.0. The normalized spacial score (nSPS) is 13.2. The number of anilines is 4. The Morgan fingerprint density at radius 3 is 1.64 bits per heavy atom. The van der Waals surface area contributed by atoms with Gasteiger partial charge in [0.05, 0.1) is 11.4 Å². The van der Waals surface area contributed by atoms with Gasteiger partial charge < -0.3 is 9.80 Å². The molecule has 5 aromatic rings. The summed E-state index contributed by atoms with van der Waals surface area (Å²) in [6.45, 7) is 28.6. The molecule has 0 atom stereocenters. The van der Waals surface area contributed by atoms with Crippen LogP contribution in [0.5, 0.6) is 0 Å². The van der Waals surface area contributed by atoms with E-state index in [2.05, 4.69) is 219 Å². The second kappa shape index (κ2) is 17.5. The first-order valence-corrected chi connectivity index (χ1v) is 20.4. The molecule has 0 radical (unpaired) electrons. The van der Waals surface area contributed by atoms with Gasteiger partial charge in [-0.05, 0) is 125 Å². The molecule has 0 aromatic heterocycles. The van der Waals surface area contributed by atoms with Crippen molar-refractivity contribution in [3.8, 4) is 0 Å². The summed E-state index contributed by atoms with van der Waals surface area (Å²) in [5, 5.41) is 2.53. The molecule has 0 fully saturated rings. The van der Waals surface area contributed by atoms with Crippen LogP contribution in [0, 0.1) is 5.92 Å². The molecule has 0 bridgehead atoms. The fourth-order valence-electron chi connectivity index (χ4n) is 7.58. The van der Waals surface area contributed by atoms with Crippen LogP contribution in [0.3, 0.4) is 0 Å². The van der Waals surface area contributed by atoms with Crippen LogP contribution in [0.4, 0.5) is 22.7 Å². The van der Waals surface area contributed by atoms with E-state index in [9.17, 15) is 0 Å². The van der Waals surface area contributed by atoms with Crippen LogP contribution in [0.25, 0.3) is 22.5 Å². The summed E-state index contributed by atoms with van der Waals surface area (Å²) in [6.07, 6.45) is 16.2. The average Bonchev–Trinajstić information content (AvgIpc) is 3.20. The molecule has 286 valence electrons. The third-order valence-electron chi connectivity index (χ3n) is 11.2. The van der Waals surface area contributed by atoms with Gasteiger partial charge >= 0.3 is 0 Å². The van der Waals surface area contributed by atoms with E-state index < -0.39 is 0 Å². The van der Waals surface area contributed by atoms with Crippen LogP contribution in [0.2, 0.25) is 0 Å². The first kappa shape index (κ1) is 40.1. The number of hydrogen-bond acceptors (Lipinski definition) is 2. The Kier molecular flexibility index (Phi) is 12.5. The molecule has 6 rings (SSSR count). The standard InChI is InChI=1S/C54H60N2/c1-12-15-52(55(45(13-2)27-18-40(11)36(3)4)46-28-19-41(20-29-46)37(5)6)49-34-25-44-26-35-53(51-17-14-16-50(49)54(44)51)56(47-30-21-42(22-31-47)38(7)8)48-32-23-43(24-33-48)39(9)10/h12-15,17-39H,1,11,16H2,2-10H3/b27-18-,45-13+,52-15+. The summed E-state index contributed by atoms with van der Waals surface area (Å²) in [5.74, 6) is 1.73. The van der Waals surface area contributed by atoms with E-state index >= 15 is 0 Å². The van der Waals surface area contributed by atoms with Crippen molar-refractivity contribution in [2.45, 2.75) is 86.5 Å². The highest BCUT2D eigenvalue weighted by Crippen LogP contribution is 2.45. The lowest BCUT2D eigenvalue weighted by Gasteiger charge is -2.32. The van der Waals surface area contributed by atoms with Crippen molar-refractivity contribution >= 4 is 45.3 Å². The number of allylic oxidation sites excluding steroid dienone is 7. The van der Waals surface area contributed by atoms with Crippen molar-refractivity contribution in [1.29, 1.82) is 0 Å². The van der Waals surface area contributed by atoms with Crippen molar-refractivity contribution in [2.75, 3.05) is 9.80 Å². The molecule has 1 aliphatic rings. The highest BCUT2D eigenvalue weighted by atomic mass is 15.2. The van der Waals surface area contributed by atoms with Gasteiger partial charge in [-0.25, -0.2) is 0 Å². The van der Waals surface area contributed by atoms with E-state index in [-0.39, 0.29) is 0 Å². The maximum atomic E-state index is 4.36. The SMILES string of the molecule is C=C/C=C(\c1ccc2ccc(N(c3ccc(C(C)C)cc3)c3ccc(C(C)C)cc3)c3c2c1CC=C3)N(C(/C=C\C(=C)C(C)C)=C/C)c1ccc(C(C)C)cc1. The molecule has 0 heterocycles. The Balaban J connectivity index is 1.58. The van der Waals surface area contributed by atoms with Gasteiger partial charge in [-0.1, -0.05) is 159 Å². The van der Waals surface area contributed by atoms with Crippen molar-refractivity contribution < 1.29 is 0 Å². The van der Waals surface area contributed by atoms with Gasteiger partial charge in [-0.2, -0.15) is 0 Å². The molecule has 0 saturated heterocycles. The zero-order chi connectivity index (χ0) is 40.1. The third kappa shape index (κ3) is 8.31. The molecule has 0 unspecified atom stereocenters. The van der Waals surface area contributed by atoms with Crippen molar-refractivity contribution in [2.24, 2.45) is 5.92 Å². The molecule has 1 aliphatic carbocycles. The molecular weight excluding hydrogens is 677 g/mol. The minimum atomic E-state index is 0.358. The minimum Gasteiger partial charge on any atom is -0.310 e. The highest BCUT2D eigenvalue weighted by Gasteiger charge is 2.25. The van der Waals surface area contributed by atoms with E-state index in [4.69, 9.17) is 0 Å². The summed E-state index contributed by atoms with van der Waals surface area (Å²) in [4.78, 5) is 4.82. The maximum Gasteiger partial charge on any atom is 0.0540 e. The average molecular weight is 737 g/mol. The topological polar surface area (TPSA) is 6.48 Å². The van der Waals surface area contributed by atoms with Crippen LogP contribution >= 0.6 is 0 Å². The van der Waals surface area contributed by atoms with Crippen LogP contribution in [0.15, 0.2) is 158 Å². The number of benzene rings is 5. The van der Waals surface area contributed by atoms with E-state index in [1.165, 1.54) is 49.8 Å². The number of rotatable bonds is 14. The first-order chi connectivity index (χ1) is 26.9. The van der Waals surface area contributed by atoms with Crippen LogP contribution in [0.1, 0.15) is 113 Å². The molecule has 0 spiro atoms. The quantitative estimate of drug-likeness (QED) is 0.105. The van der Waals surface area contributed by atoms with Gasteiger partial charge in [0.15, 0.2) is 0 Å². The lowest BCUT2D eigenvalue weighted by atomic mass is 9.86. The third-order valence-corrected chi connectivity index (χ3v) is 11.2. The molecule has 0 amide bonds. The van der Waals surface area contributed by atoms with E-state index in [1.54, 1.807) is 0 Å². The number of nitrogens with zero attached hydrogens (tertiary/aromatic N) is 2. The first-order valence-electron chi connectivity index (χ1n) is 20.4. The summed E-state index contributed by atoms with van der Waals surface area (Å²) in [6, 6.07) is 36.5. The second-order valence-electron chi connectivity index (χ2n) is 16.3.